The van der Waals surface area contributed by atoms with Crippen LogP contribution in [-0.2, 0) is 17.1 Å². The Bertz CT molecular complexity index is 974. The minimum atomic E-state index is -5.01. The molecule has 2 unspecified atom stereocenters. The standard InChI is InChI=1S/C20H23F6N3O2/c1-10-12(6-5-7-29(10)17(30)31-18(2,3)4)16-27-14-9-11(19(21,22)23)8-13(15(14)28-16)20(24,25)26/h8-10,12H,5-7H2,1-4H3,(H,27,28). The second-order valence-corrected chi connectivity index (χ2v) is 8.70. The quantitative estimate of drug-likeness (QED) is 0.533. The fraction of sp³-hybridized carbons (Fsp3) is 0.600. The first kappa shape index (κ1) is 23.2. The lowest BCUT2D eigenvalue weighted by Crippen LogP contribution is -2.48. The fourth-order valence-corrected chi connectivity index (χ4v) is 3.78. The Morgan fingerprint density at radius 3 is 2.32 bits per heavy atom. The Kier molecular flexibility index (Phi) is 5.69. The molecule has 0 spiro atoms. The lowest BCUT2D eigenvalue weighted by molar-refractivity contribution is -0.142. The van der Waals surface area contributed by atoms with Crippen LogP contribution in [0.25, 0.3) is 11.0 Å². The van der Waals surface area contributed by atoms with Gasteiger partial charge in [-0.3, -0.25) is 0 Å². The first-order valence-electron chi connectivity index (χ1n) is 9.75. The van der Waals surface area contributed by atoms with Gasteiger partial charge in [0.15, 0.2) is 0 Å². The first-order chi connectivity index (χ1) is 14.1. The average molecular weight is 451 g/mol. The van der Waals surface area contributed by atoms with E-state index in [0.717, 1.165) is 0 Å². The predicted molar refractivity (Wildman–Crippen MR) is 100 cm³/mol. The van der Waals surface area contributed by atoms with Gasteiger partial charge < -0.3 is 14.6 Å². The summed E-state index contributed by atoms with van der Waals surface area (Å²) in [6.07, 6.45) is -9.45. The Balaban J connectivity index is 2.02. The van der Waals surface area contributed by atoms with Crippen molar-refractivity contribution in [2.45, 2.75) is 70.4 Å². The molecule has 1 saturated heterocycles. The molecule has 1 aliphatic rings. The number of aromatic amines is 1. The zero-order valence-corrected chi connectivity index (χ0v) is 17.4. The number of nitrogens with zero attached hydrogens (tertiary/aromatic N) is 2. The number of carbonyl (C=O) groups excluding carboxylic acids is 1. The van der Waals surface area contributed by atoms with Gasteiger partial charge in [-0.1, -0.05) is 0 Å². The van der Waals surface area contributed by atoms with Gasteiger partial charge in [-0.15, -0.1) is 0 Å². The van der Waals surface area contributed by atoms with Gasteiger partial charge in [0.25, 0.3) is 0 Å². The summed E-state index contributed by atoms with van der Waals surface area (Å²) >= 11 is 0. The normalized spacial score (nSPS) is 20.9. The van der Waals surface area contributed by atoms with E-state index >= 15 is 0 Å². The van der Waals surface area contributed by atoms with Crippen LogP contribution in [0.2, 0.25) is 0 Å². The van der Waals surface area contributed by atoms with E-state index in [1.165, 1.54) is 4.90 Å². The van der Waals surface area contributed by atoms with Crippen LogP contribution in [0.15, 0.2) is 12.1 Å². The van der Waals surface area contributed by atoms with Crippen LogP contribution in [0.3, 0.4) is 0 Å². The summed E-state index contributed by atoms with van der Waals surface area (Å²) in [5, 5.41) is 0. The number of ether oxygens (including phenoxy) is 1. The Morgan fingerprint density at radius 1 is 1.13 bits per heavy atom. The van der Waals surface area contributed by atoms with Crippen LogP contribution in [0.5, 0.6) is 0 Å². The van der Waals surface area contributed by atoms with E-state index in [1.807, 2.05) is 0 Å². The molecule has 0 aliphatic carbocycles. The summed E-state index contributed by atoms with van der Waals surface area (Å²) < 4.78 is 85.1. The molecule has 1 fully saturated rings. The number of aromatic nitrogens is 2. The van der Waals surface area contributed by atoms with Crippen LogP contribution < -0.4 is 0 Å². The van der Waals surface area contributed by atoms with E-state index in [1.54, 1.807) is 27.7 Å². The molecule has 11 heteroatoms. The molecule has 5 nitrogen and oxygen atoms in total. The van der Waals surface area contributed by atoms with Crippen LogP contribution in [0.1, 0.15) is 63.4 Å². The fourth-order valence-electron chi connectivity index (χ4n) is 3.78. The minimum absolute atomic E-state index is 0.0737. The molecule has 172 valence electrons. The average Bonchev–Trinajstić information content (AvgIpc) is 3.01. The minimum Gasteiger partial charge on any atom is -0.444 e. The molecule has 0 bridgehead atoms. The van der Waals surface area contributed by atoms with Crippen LogP contribution >= 0.6 is 0 Å². The third kappa shape index (κ3) is 4.90. The van der Waals surface area contributed by atoms with Crippen molar-refractivity contribution in [2.75, 3.05) is 6.54 Å². The number of fused-ring (bicyclic) bond motifs is 1. The van der Waals surface area contributed by atoms with Gasteiger partial charge >= 0.3 is 18.4 Å². The summed E-state index contributed by atoms with van der Waals surface area (Å²) in [6, 6.07) is 0.227. The predicted octanol–water partition coefficient (Wildman–Crippen LogP) is 6.10. The third-order valence-corrected chi connectivity index (χ3v) is 5.20. The number of carbonyl (C=O) groups is 1. The van der Waals surface area contributed by atoms with Gasteiger partial charge in [-0.25, -0.2) is 9.78 Å². The topological polar surface area (TPSA) is 58.2 Å². The number of halogens is 6. The van der Waals surface area contributed by atoms with Gasteiger partial charge in [0, 0.05) is 18.5 Å². The Morgan fingerprint density at radius 2 is 1.77 bits per heavy atom. The molecule has 1 N–H and O–H groups in total. The van der Waals surface area contributed by atoms with E-state index in [-0.39, 0.29) is 17.4 Å². The summed E-state index contributed by atoms with van der Waals surface area (Å²) in [7, 11) is 0. The molecule has 2 atom stereocenters. The number of hydrogen-bond donors (Lipinski definition) is 1. The first-order valence-corrected chi connectivity index (χ1v) is 9.75. The number of alkyl halides is 6. The third-order valence-electron chi connectivity index (χ3n) is 5.20. The number of H-pyrrole nitrogens is 1. The molecule has 2 heterocycles. The maximum Gasteiger partial charge on any atom is 0.418 e. The summed E-state index contributed by atoms with van der Waals surface area (Å²) in [6.45, 7) is 7.26. The Labute approximate surface area is 174 Å². The van der Waals surface area contributed by atoms with Crippen molar-refractivity contribution in [3.63, 3.8) is 0 Å². The summed E-state index contributed by atoms with van der Waals surface area (Å²) in [5.74, 6) is -0.371. The van der Waals surface area contributed by atoms with Gasteiger partial charge in [-0.2, -0.15) is 26.3 Å². The molecule has 1 aromatic heterocycles. The number of likely N-dealkylation sites (tertiary alicyclic amines) is 1. The highest BCUT2D eigenvalue weighted by atomic mass is 19.4. The van der Waals surface area contributed by atoms with E-state index in [9.17, 15) is 31.1 Å². The van der Waals surface area contributed by atoms with Crippen molar-refractivity contribution in [3.8, 4) is 0 Å². The van der Waals surface area contributed by atoms with Crippen LogP contribution in [0, 0.1) is 0 Å². The lowest BCUT2D eigenvalue weighted by atomic mass is 9.90. The number of piperidine rings is 1. The number of nitrogens with one attached hydrogen (secondary N) is 1. The number of amides is 1. The highest BCUT2D eigenvalue weighted by molar-refractivity contribution is 5.81. The van der Waals surface area contributed by atoms with E-state index in [0.29, 0.717) is 25.5 Å². The molecule has 1 aromatic carbocycles. The highest BCUT2D eigenvalue weighted by Crippen LogP contribution is 2.41. The van der Waals surface area contributed by atoms with E-state index in [2.05, 4.69) is 9.97 Å². The molecule has 2 aromatic rings. The smallest absolute Gasteiger partial charge is 0.418 e. The number of rotatable bonds is 1. The molecule has 0 radical (unpaired) electrons. The number of hydrogen-bond acceptors (Lipinski definition) is 3. The number of imidazole rings is 1. The Hall–Kier alpha value is -2.46. The molecule has 3 rings (SSSR count). The highest BCUT2D eigenvalue weighted by Gasteiger charge is 2.41. The monoisotopic (exact) mass is 451 g/mol. The SMILES string of the molecule is CC1C(c2nc3c(C(F)(F)F)cc(C(F)(F)F)cc3[nH]2)CCCN1C(=O)OC(C)(C)C. The van der Waals surface area contributed by atoms with Gasteiger partial charge in [0.05, 0.1) is 16.6 Å². The van der Waals surface area contributed by atoms with Crippen molar-refractivity contribution in [2.24, 2.45) is 0 Å². The van der Waals surface area contributed by atoms with E-state index < -0.39 is 52.7 Å². The van der Waals surface area contributed by atoms with Crippen molar-refractivity contribution in [1.29, 1.82) is 0 Å². The molecular formula is C20H23F6N3O2. The lowest BCUT2D eigenvalue weighted by Gasteiger charge is -2.39. The zero-order valence-electron chi connectivity index (χ0n) is 17.4. The number of benzene rings is 1. The van der Waals surface area contributed by atoms with Gasteiger partial charge in [0.2, 0.25) is 0 Å². The largest absolute Gasteiger partial charge is 0.444 e. The zero-order chi connectivity index (χ0) is 23.4. The van der Waals surface area contributed by atoms with E-state index in [4.69, 9.17) is 4.74 Å². The molecule has 31 heavy (non-hydrogen) atoms. The second kappa shape index (κ2) is 7.59. The van der Waals surface area contributed by atoms with Crippen molar-refractivity contribution in [1.82, 2.24) is 14.9 Å². The van der Waals surface area contributed by atoms with Crippen molar-refractivity contribution >= 4 is 17.1 Å². The second-order valence-electron chi connectivity index (χ2n) is 8.70. The summed E-state index contributed by atoms with van der Waals surface area (Å²) in [5.41, 5.74) is -4.50. The molecule has 0 saturated carbocycles. The molecule has 1 aliphatic heterocycles. The van der Waals surface area contributed by atoms with Crippen molar-refractivity contribution in [3.05, 3.63) is 29.1 Å². The van der Waals surface area contributed by atoms with Crippen LogP contribution in [-0.4, -0.2) is 39.1 Å². The molecular weight excluding hydrogens is 428 g/mol. The van der Waals surface area contributed by atoms with Gasteiger partial charge in [-0.05, 0) is 52.7 Å². The molecule has 1 amide bonds. The summed E-state index contributed by atoms with van der Waals surface area (Å²) in [4.78, 5) is 20.6. The van der Waals surface area contributed by atoms with Gasteiger partial charge in [0.1, 0.15) is 16.9 Å². The maximum atomic E-state index is 13.4. The van der Waals surface area contributed by atoms with Crippen molar-refractivity contribution < 1.29 is 35.9 Å². The van der Waals surface area contributed by atoms with Crippen LogP contribution in [0.4, 0.5) is 31.1 Å². The maximum absolute atomic E-state index is 13.4.